The fourth-order valence-corrected chi connectivity index (χ4v) is 14.3. The van der Waals surface area contributed by atoms with Crippen molar-refractivity contribution in [3.8, 4) is 23.7 Å². The topological polar surface area (TPSA) is 280 Å². The van der Waals surface area contributed by atoms with Gasteiger partial charge in [-0.2, -0.15) is 0 Å². The van der Waals surface area contributed by atoms with Crippen LogP contribution in [-0.4, -0.2) is 152 Å². The van der Waals surface area contributed by atoms with Crippen molar-refractivity contribution < 1.29 is 43.2 Å². The predicted molar refractivity (Wildman–Crippen MR) is 374 cm³/mol. The molecule has 98 heavy (non-hydrogen) atoms. The monoisotopic (exact) mass is 1330 g/mol. The Balaban J connectivity index is 0.794. The molecule has 21 heteroatoms. The van der Waals surface area contributed by atoms with Gasteiger partial charge >= 0.3 is 0 Å². The average Bonchev–Trinajstić information content (AvgIpc) is 1.58. The molecule has 4 heterocycles. The summed E-state index contributed by atoms with van der Waals surface area (Å²) in [6, 6.07) is 41.4. The van der Waals surface area contributed by atoms with Crippen LogP contribution in [0.1, 0.15) is 131 Å². The number of hydrogen-bond acceptors (Lipinski definition) is 12. The summed E-state index contributed by atoms with van der Waals surface area (Å²) in [5.41, 5.74) is 2.08. The highest BCUT2D eigenvalue weighted by Crippen LogP contribution is 2.39. The third kappa shape index (κ3) is 18.3. The maximum Gasteiger partial charge on any atom is 0.296 e. The molecule has 5 aromatic rings. The van der Waals surface area contributed by atoms with Crippen LogP contribution in [0.3, 0.4) is 0 Å². The molecule has 10 N–H and O–H groups in total. The van der Waals surface area contributed by atoms with E-state index in [2.05, 4.69) is 76.8 Å². The highest BCUT2D eigenvalue weighted by Gasteiger charge is 2.52. The molecular weight excluding hydrogens is 1240 g/mol. The van der Waals surface area contributed by atoms with Crippen LogP contribution in [0, 0.1) is 35.5 Å². The van der Waals surface area contributed by atoms with Gasteiger partial charge in [-0.1, -0.05) is 171 Å². The van der Waals surface area contributed by atoms with Crippen LogP contribution >= 0.6 is 0 Å². The highest BCUT2D eigenvalue weighted by molar-refractivity contribution is 6.00. The van der Waals surface area contributed by atoms with Crippen molar-refractivity contribution in [2.24, 2.45) is 11.8 Å². The van der Waals surface area contributed by atoms with Gasteiger partial charge < -0.3 is 63.0 Å². The lowest BCUT2D eigenvalue weighted by atomic mass is 9.81. The Kier molecular flexibility index (Phi) is 26.7. The summed E-state index contributed by atoms with van der Waals surface area (Å²) in [4.78, 5) is 132. The molecule has 0 radical (unpaired) electrons. The number of nitrogens with zero attached hydrogens (tertiary/aromatic N) is 2. The van der Waals surface area contributed by atoms with Gasteiger partial charge in [0.15, 0.2) is 5.54 Å². The molecule has 516 valence electrons. The van der Waals surface area contributed by atoms with Crippen molar-refractivity contribution in [2.45, 2.75) is 164 Å². The van der Waals surface area contributed by atoms with Crippen LogP contribution in [-0.2, 0) is 55.2 Å². The van der Waals surface area contributed by atoms with Gasteiger partial charge in [-0.25, -0.2) is 0 Å². The molecule has 10 atom stereocenters. The van der Waals surface area contributed by atoms with Crippen molar-refractivity contribution >= 4 is 53.2 Å². The maximum absolute atomic E-state index is 15.2. The first-order chi connectivity index (χ1) is 47.7. The van der Waals surface area contributed by atoms with E-state index in [9.17, 15) is 28.8 Å². The molecular formula is C77H94N12O9. The van der Waals surface area contributed by atoms with E-state index in [4.69, 9.17) is 0 Å². The summed E-state index contributed by atoms with van der Waals surface area (Å²) < 4.78 is 0. The Bertz CT molecular complexity index is 3570. The van der Waals surface area contributed by atoms with Gasteiger partial charge in [-0.15, -0.1) is 0 Å². The lowest BCUT2D eigenvalue weighted by Crippen LogP contribution is -2.62. The summed E-state index contributed by atoms with van der Waals surface area (Å²) in [7, 11) is 3.39. The summed E-state index contributed by atoms with van der Waals surface area (Å²) in [5, 5.41) is 30.7. The minimum atomic E-state index is -1.79. The van der Waals surface area contributed by atoms with Crippen LogP contribution in [0.25, 0.3) is 0 Å². The Morgan fingerprint density at radius 3 is 1.55 bits per heavy atom. The molecule has 4 aliphatic heterocycles. The second-order valence-corrected chi connectivity index (χ2v) is 25.7. The number of rotatable bonds is 29. The Morgan fingerprint density at radius 1 is 0.541 bits per heavy atom. The first-order valence-electron chi connectivity index (χ1n) is 34.7. The maximum atomic E-state index is 15.2. The quantitative estimate of drug-likeness (QED) is 0.0229. The lowest BCUT2D eigenvalue weighted by molar-refractivity contribution is -0.145. The molecule has 0 aliphatic carbocycles. The SMILES string of the molecule is CC[C@H](NC)C(=O)N[C@@H]1C(=O)N2[C@@H](CC[C@@H]1CNC(=O)C#CC#CCCC(=O)NCCNC(=O)C(NC(=O)[C@@H]1CC[C@@H]3CC[C@H](CCNCc4ccccc4)[C@H](NC(=O)[C@H](CC)NC)C(=O)N31)(c1ccccc1)c1ccccc1)CC[C@H]2C(=O)NC(c1ccccc1)c1ccccc1. The van der Waals surface area contributed by atoms with Crippen LogP contribution in [0.4, 0.5) is 0 Å². The van der Waals surface area contributed by atoms with Gasteiger partial charge in [0.1, 0.15) is 24.2 Å². The Labute approximate surface area is 575 Å². The Hall–Kier alpha value is -9.67. The number of benzene rings is 5. The van der Waals surface area contributed by atoms with Gasteiger partial charge in [0.05, 0.1) is 18.1 Å². The molecule has 9 rings (SSSR count). The van der Waals surface area contributed by atoms with E-state index >= 15 is 14.4 Å². The van der Waals surface area contributed by atoms with Gasteiger partial charge in [0.25, 0.3) is 11.8 Å². The first-order valence-corrected chi connectivity index (χ1v) is 34.7. The van der Waals surface area contributed by atoms with Gasteiger partial charge in [0, 0.05) is 62.9 Å². The van der Waals surface area contributed by atoms with Crippen molar-refractivity contribution in [3.63, 3.8) is 0 Å². The number of hydrogen-bond donors (Lipinski definition) is 10. The zero-order valence-electron chi connectivity index (χ0n) is 56.6. The fourth-order valence-electron chi connectivity index (χ4n) is 14.3. The summed E-state index contributed by atoms with van der Waals surface area (Å²) in [6.07, 6.45) is 5.99. The lowest BCUT2D eigenvalue weighted by Gasteiger charge is -2.38. The fraction of sp³-hybridized carbons (Fsp3) is 0.442. The standard InChI is InChI=1S/C77H94N12O9/c1-5-61(78-3)70(92)85-68-55(46-47-80-50-52-26-14-9-15-27-52)38-40-59-43-45-64(89(59)74(68)96)73(95)87-77(57-32-20-12-21-33-57,58-34-22-13-23-35-58)76(98)82-49-48-81-65(90)36-24-7-8-25-37-66(91)83-51-56-39-41-60-42-44-63(88(60)75(97)69(56)86-71(93)62(6-2)79-4)72(94)84-67(53-28-16-10-17-29-53)54-30-18-11-19-31-54/h9-23,26-35,55-56,59-64,67-69,78-80H,5-6,24,36,38-51H2,1-4H3,(H,81,90)(H,82,98)(H,83,91)(H,84,94)(H,85,92)(H,86,93)(H,87,95)/t55-,56-,59+,60+,61+,62+,63+,64+,68+,69+/m1/s1. The van der Waals surface area contributed by atoms with Crippen LogP contribution in [0.5, 0.6) is 0 Å². The van der Waals surface area contributed by atoms with Crippen molar-refractivity contribution in [2.75, 3.05) is 40.3 Å². The number of likely N-dealkylation sites (N-methyl/N-ethyl adjacent to an activating group) is 2. The van der Waals surface area contributed by atoms with Crippen LogP contribution < -0.4 is 53.2 Å². The molecule has 5 aromatic carbocycles. The molecule has 4 fully saturated rings. The van der Waals surface area contributed by atoms with E-state index in [0.717, 1.165) is 16.7 Å². The van der Waals surface area contributed by atoms with E-state index in [-0.39, 0.29) is 85.9 Å². The minimum Gasteiger partial charge on any atom is -0.354 e. The third-order valence-electron chi connectivity index (χ3n) is 19.6. The second kappa shape index (κ2) is 36.1. The van der Waals surface area contributed by atoms with E-state index in [1.54, 1.807) is 72.4 Å². The van der Waals surface area contributed by atoms with Gasteiger partial charge in [-0.05, 0) is 137 Å². The molecule has 0 bridgehead atoms. The molecule has 21 nitrogen and oxygen atoms in total. The molecule has 4 aliphatic rings. The van der Waals surface area contributed by atoms with Crippen molar-refractivity contribution in [1.29, 1.82) is 0 Å². The van der Waals surface area contributed by atoms with Gasteiger partial charge in [-0.3, -0.25) is 43.2 Å². The Morgan fingerprint density at radius 2 is 1.02 bits per heavy atom. The molecule has 0 aromatic heterocycles. The molecule has 0 saturated carbocycles. The number of nitrogens with one attached hydrogen (secondary N) is 10. The molecule has 9 amide bonds. The predicted octanol–water partition coefficient (Wildman–Crippen LogP) is 4.77. The van der Waals surface area contributed by atoms with E-state index in [1.165, 1.54) is 0 Å². The number of amides is 9. The zero-order chi connectivity index (χ0) is 69.4. The summed E-state index contributed by atoms with van der Waals surface area (Å²) >= 11 is 0. The van der Waals surface area contributed by atoms with E-state index in [1.807, 2.05) is 117 Å². The first kappa shape index (κ1) is 72.6. The molecule has 0 unspecified atom stereocenters. The second-order valence-electron chi connectivity index (χ2n) is 25.7. The van der Waals surface area contributed by atoms with E-state index in [0.29, 0.717) is 94.8 Å². The normalized spacial score (nSPS) is 21.0. The van der Waals surface area contributed by atoms with E-state index < -0.39 is 71.5 Å². The third-order valence-corrected chi connectivity index (χ3v) is 19.6. The number of carbonyl (C=O) groups is 9. The van der Waals surface area contributed by atoms with Gasteiger partial charge in [0.2, 0.25) is 41.4 Å². The molecule has 0 spiro atoms. The largest absolute Gasteiger partial charge is 0.354 e. The van der Waals surface area contributed by atoms with Crippen LogP contribution in [0.15, 0.2) is 152 Å². The number of carbonyl (C=O) groups excluding carboxylic acids is 9. The smallest absolute Gasteiger partial charge is 0.296 e. The van der Waals surface area contributed by atoms with Crippen molar-refractivity contribution in [1.82, 2.24) is 63.0 Å². The summed E-state index contributed by atoms with van der Waals surface area (Å²) in [6.45, 7) is 5.06. The summed E-state index contributed by atoms with van der Waals surface area (Å²) in [5.74, 6) is 6.01. The van der Waals surface area contributed by atoms with Crippen molar-refractivity contribution in [3.05, 3.63) is 179 Å². The minimum absolute atomic E-state index is 0.0119. The zero-order valence-corrected chi connectivity index (χ0v) is 56.6. The molecule has 4 saturated heterocycles. The van der Waals surface area contributed by atoms with Crippen LogP contribution in [0.2, 0.25) is 0 Å². The number of fused-ring (bicyclic) bond motifs is 2. The highest BCUT2D eigenvalue weighted by atomic mass is 16.2. The average molecular weight is 1330 g/mol.